The molecule has 0 fully saturated rings. The molecular formula is C11H7ClN4. The predicted molar refractivity (Wildman–Crippen MR) is 58.7 cm³/mol. The number of pyridine rings is 1. The largest absolute Gasteiger partial charge is 0.265 e. The van der Waals surface area contributed by atoms with Crippen LogP contribution in [0.2, 0.25) is 5.15 Å². The molecule has 0 N–H and O–H groups in total. The second-order valence-corrected chi connectivity index (χ2v) is 3.50. The predicted octanol–water partition coefficient (Wildman–Crippen LogP) is 2.18. The van der Waals surface area contributed by atoms with E-state index < -0.39 is 5.92 Å². The molecule has 2 rings (SSSR count). The molecule has 78 valence electrons. The van der Waals surface area contributed by atoms with Crippen LogP contribution in [0.5, 0.6) is 0 Å². The van der Waals surface area contributed by atoms with Crippen LogP contribution in [0.4, 0.5) is 0 Å². The Hall–Kier alpha value is -1.99. The summed E-state index contributed by atoms with van der Waals surface area (Å²) >= 11 is 5.76. The van der Waals surface area contributed by atoms with Crippen molar-refractivity contribution < 1.29 is 0 Å². The summed E-state index contributed by atoms with van der Waals surface area (Å²) in [5.41, 5.74) is 1.43. The fraction of sp³-hybridized carbons (Fsp3) is 0.0909. The van der Waals surface area contributed by atoms with Crippen LogP contribution < -0.4 is 0 Å². The SMILES string of the molecule is N#CC(c1ccncc1)c1cc(Cl)ncn1. The summed E-state index contributed by atoms with van der Waals surface area (Å²) < 4.78 is 0. The lowest BCUT2D eigenvalue weighted by molar-refractivity contribution is 0.939. The summed E-state index contributed by atoms with van der Waals surface area (Å²) in [6.07, 6.45) is 4.63. The van der Waals surface area contributed by atoms with Crippen LogP contribution in [0.15, 0.2) is 36.9 Å². The highest BCUT2D eigenvalue weighted by molar-refractivity contribution is 6.29. The number of nitrogens with zero attached hydrogens (tertiary/aromatic N) is 4. The highest BCUT2D eigenvalue weighted by Gasteiger charge is 2.14. The maximum absolute atomic E-state index is 9.15. The molecule has 0 saturated carbocycles. The van der Waals surface area contributed by atoms with E-state index in [9.17, 15) is 0 Å². The standard InChI is InChI=1S/C11H7ClN4/c12-11-5-10(15-7-16-11)9(6-13)8-1-3-14-4-2-8/h1-5,7,9H. The molecule has 1 unspecified atom stereocenters. The highest BCUT2D eigenvalue weighted by atomic mass is 35.5. The van der Waals surface area contributed by atoms with Crippen molar-refractivity contribution in [2.24, 2.45) is 0 Å². The zero-order valence-electron chi connectivity index (χ0n) is 8.21. The molecule has 0 aliphatic carbocycles. The van der Waals surface area contributed by atoms with E-state index >= 15 is 0 Å². The van der Waals surface area contributed by atoms with Gasteiger partial charge in [-0.2, -0.15) is 5.26 Å². The van der Waals surface area contributed by atoms with Crippen molar-refractivity contribution >= 4 is 11.6 Å². The third-order valence-electron chi connectivity index (χ3n) is 2.12. The van der Waals surface area contributed by atoms with E-state index in [4.69, 9.17) is 16.9 Å². The Morgan fingerprint density at radius 3 is 2.62 bits per heavy atom. The van der Waals surface area contributed by atoms with Gasteiger partial charge < -0.3 is 0 Å². The second-order valence-electron chi connectivity index (χ2n) is 3.11. The fourth-order valence-electron chi connectivity index (χ4n) is 1.37. The molecule has 0 aromatic carbocycles. The van der Waals surface area contributed by atoms with Gasteiger partial charge in [0, 0.05) is 12.4 Å². The van der Waals surface area contributed by atoms with Crippen molar-refractivity contribution in [3.8, 4) is 6.07 Å². The molecule has 0 spiro atoms. The normalized spacial score (nSPS) is 11.8. The third-order valence-corrected chi connectivity index (χ3v) is 2.33. The molecule has 4 nitrogen and oxygen atoms in total. The van der Waals surface area contributed by atoms with E-state index in [0.717, 1.165) is 5.56 Å². The van der Waals surface area contributed by atoms with Crippen molar-refractivity contribution in [1.29, 1.82) is 5.26 Å². The van der Waals surface area contributed by atoms with E-state index in [2.05, 4.69) is 21.0 Å². The molecule has 0 saturated heterocycles. The van der Waals surface area contributed by atoms with Crippen LogP contribution >= 0.6 is 11.6 Å². The van der Waals surface area contributed by atoms with Gasteiger partial charge in [-0.05, 0) is 23.8 Å². The Bertz CT molecular complexity index is 521. The Labute approximate surface area is 97.6 Å². The molecule has 0 bridgehead atoms. The maximum Gasteiger partial charge on any atom is 0.132 e. The molecule has 16 heavy (non-hydrogen) atoms. The van der Waals surface area contributed by atoms with Gasteiger partial charge in [-0.15, -0.1) is 0 Å². The number of hydrogen-bond acceptors (Lipinski definition) is 4. The molecule has 2 aromatic heterocycles. The van der Waals surface area contributed by atoms with Gasteiger partial charge in [-0.1, -0.05) is 11.6 Å². The van der Waals surface area contributed by atoms with Crippen LogP contribution in [0.1, 0.15) is 17.2 Å². The fourth-order valence-corrected chi connectivity index (χ4v) is 1.53. The summed E-state index contributed by atoms with van der Waals surface area (Å²) in [6.45, 7) is 0. The third kappa shape index (κ3) is 2.15. The minimum Gasteiger partial charge on any atom is -0.265 e. The Balaban J connectivity index is 2.42. The van der Waals surface area contributed by atoms with E-state index in [-0.39, 0.29) is 0 Å². The van der Waals surface area contributed by atoms with Gasteiger partial charge in [0.25, 0.3) is 0 Å². The highest BCUT2D eigenvalue weighted by Crippen LogP contribution is 2.22. The first-order valence-corrected chi connectivity index (χ1v) is 4.96. The summed E-state index contributed by atoms with van der Waals surface area (Å²) in [5, 5.41) is 9.48. The molecule has 1 atom stereocenters. The lowest BCUT2D eigenvalue weighted by atomic mass is 9.98. The monoisotopic (exact) mass is 230 g/mol. The number of rotatable bonds is 2. The molecular weight excluding hydrogens is 224 g/mol. The minimum atomic E-state index is -0.441. The Morgan fingerprint density at radius 1 is 1.25 bits per heavy atom. The van der Waals surface area contributed by atoms with Gasteiger partial charge in [0.05, 0.1) is 11.8 Å². The van der Waals surface area contributed by atoms with E-state index in [1.165, 1.54) is 6.33 Å². The topological polar surface area (TPSA) is 62.5 Å². The maximum atomic E-state index is 9.15. The van der Waals surface area contributed by atoms with Crippen LogP contribution in [0, 0.1) is 11.3 Å². The summed E-state index contributed by atoms with van der Waals surface area (Å²) in [6, 6.07) is 7.34. The molecule has 0 radical (unpaired) electrons. The molecule has 5 heteroatoms. The first-order chi connectivity index (χ1) is 7.81. The first kappa shape index (κ1) is 10.5. The zero-order chi connectivity index (χ0) is 11.4. The van der Waals surface area contributed by atoms with Gasteiger partial charge in [-0.3, -0.25) is 4.98 Å². The van der Waals surface area contributed by atoms with Crippen molar-refractivity contribution in [2.45, 2.75) is 5.92 Å². The average Bonchev–Trinajstić information content (AvgIpc) is 2.31. The van der Waals surface area contributed by atoms with Gasteiger partial charge >= 0.3 is 0 Å². The molecule has 0 amide bonds. The molecule has 0 aliphatic heterocycles. The van der Waals surface area contributed by atoms with Gasteiger partial charge in [0.15, 0.2) is 0 Å². The van der Waals surface area contributed by atoms with Gasteiger partial charge in [0.1, 0.15) is 17.4 Å². The molecule has 2 aromatic rings. The summed E-state index contributed by atoms with van der Waals surface area (Å²) in [7, 11) is 0. The van der Waals surface area contributed by atoms with Crippen molar-refractivity contribution in [2.75, 3.05) is 0 Å². The minimum absolute atomic E-state index is 0.333. The quantitative estimate of drug-likeness (QED) is 0.742. The Morgan fingerprint density at radius 2 is 2.00 bits per heavy atom. The molecule has 2 heterocycles. The lowest BCUT2D eigenvalue weighted by Crippen LogP contribution is -2.01. The van der Waals surface area contributed by atoms with E-state index in [1.54, 1.807) is 30.6 Å². The number of aromatic nitrogens is 3. The number of nitriles is 1. The summed E-state index contributed by atoms with van der Waals surface area (Å²) in [4.78, 5) is 11.7. The van der Waals surface area contributed by atoms with Crippen molar-refractivity contribution in [3.63, 3.8) is 0 Å². The average molecular weight is 231 g/mol. The van der Waals surface area contributed by atoms with Crippen LogP contribution in [0.25, 0.3) is 0 Å². The lowest BCUT2D eigenvalue weighted by Gasteiger charge is -2.07. The van der Waals surface area contributed by atoms with E-state index in [1.807, 2.05) is 0 Å². The van der Waals surface area contributed by atoms with Crippen LogP contribution in [0.3, 0.4) is 0 Å². The van der Waals surface area contributed by atoms with Gasteiger partial charge in [-0.25, -0.2) is 9.97 Å². The summed E-state index contributed by atoms with van der Waals surface area (Å²) in [5.74, 6) is -0.441. The smallest absolute Gasteiger partial charge is 0.132 e. The van der Waals surface area contributed by atoms with Crippen LogP contribution in [-0.2, 0) is 0 Å². The van der Waals surface area contributed by atoms with Gasteiger partial charge in [0.2, 0.25) is 0 Å². The van der Waals surface area contributed by atoms with Crippen molar-refractivity contribution in [1.82, 2.24) is 15.0 Å². The zero-order valence-corrected chi connectivity index (χ0v) is 8.96. The molecule has 0 aliphatic rings. The number of halogens is 1. The second kappa shape index (κ2) is 4.69. The van der Waals surface area contributed by atoms with Crippen molar-refractivity contribution in [3.05, 3.63) is 53.3 Å². The van der Waals surface area contributed by atoms with Crippen LogP contribution in [-0.4, -0.2) is 15.0 Å². The first-order valence-electron chi connectivity index (χ1n) is 4.58. The number of hydrogen-bond donors (Lipinski definition) is 0. The van der Waals surface area contributed by atoms with E-state index in [0.29, 0.717) is 10.8 Å². The Kier molecular flexibility index (Phi) is 3.08.